The van der Waals surface area contributed by atoms with Gasteiger partial charge in [0.05, 0.1) is 11.1 Å². The van der Waals surface area contributed by atoms with Crippen LogP contribution in [0.2, 0.25) is 0 Å². The molecule has 3 nitrogen and oxygen atoms in total. The maximum absolute atomic E-state index is 12.8. The predicted octanol–water partition coefficient (Wildman–Crippen LogP) is 3.96. The number of halogens is 3. The third-order valence-electron chi connectivity index (χ3n) is 3.32. The molecule has 0 atom stereocenters. The van der Waals surface area contributed by atoms with Crippen molar-refractivity contribution >= 4 is 10.9 Å². The highest BCUT2D eigenvalue weighted by Crippen LogP contribution is 2.35. The fraction of sp³-hybridized carbons (Fsp3) is 0.133. The van der Waals surface area contributed by atoms with E-state index in [1.54, 1.807) is 19.2 Å². The second-order valence-corrected chi connectivity index (χ2v) is 4.75. The number of benzene rings is 2. The van der Waals surface area contributed by atoms with Crippen LogP contribution in [0, 0.1) is 0 Å². The van der Waals surface area contributed by atoms with Crippen LogP contribution in [0.5, 0.6) is 5.75 Å². The molecule has 0 spiro atoms. The molecule has 0 aliphatic rings. The third kappa shape index (κ3) is 2.33. The molecule has 0 amide bonds. The standard InChI is InChI=1S/C15H11F3N2O/c1-20-13-7-4-10(15(16,17)18)8-12(13)14(19-20)9-2-5-11(21)6-3-9/h2-8,21H,1H3. The lowest BCUT2D eigenvalue weighted by molar-refractivity contribution is -0.137. The molecule has 108 valence electrons. The van der Waals surface area contributed by atoms with Crippen LogP contribution in [-0.4, -0.2) is 14.9 Å². The van der Waals surface area contributed by atoms with Crippen LogP contribution >= 0.6 is 0 Å². The Kier molecular flexibility index (Phi) is 2.90. The highest BCUT2D eigenvalue weighted by molar-refractivity contribution is 5.93. The molecule has 0 saturated carbocycles. The molecule has 6 heteroatoms. The average Bonchev–Trinajstić information content (AvgIpc) is 2.76. The van der Waals surface area contributed by atoms with E-state index in [1.165, 1.54) is 22.9 Å². The van der Waals surface area contributed by atoms with Gasteiger partial charge in [0.25, 0.3) is 0 Å². The van der Waals surface area contributed by atoms with Crippen LogP contribution in [0.3, 0.4) is 0 Å². The molecule has 0 unspecified atom stereocenters. The number of hydrogen-bond acceptors (Lipinski definition) is 2. The van der Waals surface area contributed by atoms with E-state index >= 15 is 0 Å². The van der Waals surface area contributed by atoms with Gasteiger partial charge in [0.2, 0.25) is 0 Å². The van der Waals surface area contributed by atoms with Crippen LogP contribution < -0.4 is 0 Å². The summed E-state index contributed by atoms with van der Waals surface area (Å²) < 4.78 is 40.1. The second kappa shape index (κ2) is 4.51. The predicted molar refractivity (Wildman–Crippen MR) is 72.8 cm³/mol. The van der Waals surface area contributed by atoms with E-state index in [1.807, 2.05) is 0 Å². The fourth-order valence-electron chi connectivity index (χ4n) is 2.27. The van der Waals surface area contributed by atoms with Gasteiger partial charge in [-0.2, -0.15) is 18.3 Å². The monoisotopic (exact) mass is 292 g/mol. The van der Waals surface area contributed by atoms with Crippen LogP contribution in [0.25, 0.3) is 22.2 Å². The molecule has 0 saturated heterocycles. The van der Waals surface area contributed by atoms with Crippen molar-refractivity contribution in [1.82, 2.24) is 9.78 Å². The minimum absolute atomic E-state index is 0.0926. The number of fused-ring (bicyclic) bond motifs is 1. The summed E-state index contributed by atoms with van der Waals surface area (Å²) in [4.78, 5) is 0. The van der Waals surface area contributed by atoms with Crippen molar-refractivity contribution in [2.75, 3.05) is 0 Å². The van der Waals surface area contributed by atoms with Crippen molar-refractivity contribution < 1.29 is 18.3 Å². The quantitative estimate of drug-likeness (QED) is 0.737. The summed E-state index contributed by atoms with van der Waals surface area (Å²) in [5, 5.41) is 14.0. The van der Waals surface area contributed by atoms with E-state index in [0.717, 1.165) is 12.1 Å². The average molecular weight is 292 g/mol. The Bertz CT molecular complexity index is 804. The van der Waals surface area contributed by atoms with Gasteiger partial charge in [-0.3, -0.25) is 4.68 Å². The molecular formula is C15H11F3N2O. The summed E-state index contributed by atoms with van der Waals surface area (Å²) in [6.07, 6.45) is -4.39. The Morgan fingerprint density at radius 1 is 1.05 bits per heavy atom. The molecule has 0 aliphatic heterocycles. The van der Waals surface area contributed by atoms with Crippen molar-refractivity contribution in [2.45, 2.75) is 6.18 Å². The molecule has 1 N–H and O–H groups in total. The number of aryl methyl sites for hydroxylation is 1. The molecule has 3 aromatic rings. The lowest BCUT2D eigenvalue weighted by Crippen LogP contribution is -2.04. The molecule has 2 aromatic carbocycles. The first kappa shape index (κ1) is 13.5. The van der Waals surface area contributed by atoms with E-state index in [4.69, 9.17) is 0 Å². The number of phenolic OH excluding ortho intramolecular Hbond substituents is 1. The number of hydrogen-bond donors (Lipinski definition) is 1. The van der Waals surface area contributed by atoms with Gasteiger partial charge in [-0.15, -0.1) is 0 Å². The van der Waals surface area contributed by atoms with Gasteiger partial charge in [0.1, 0.15) is 11.4 Å². The van der Waals surface area contributed by atoms with E-state index in [9.17, 15) is 18.3 Å². The van der Waals surface area contributed by atoms with E-state index in [0.29, 0.717) is 22.2 Å². The number of nitrogens with zero attached hydrogens (tertiary/aromatic N) is 2. The number of phenols is 1. The molecule has 0 aliphatic carbocycles. The van der Waals surface area contributed by atoms with Crippen LogP contribution in [-0.2, 0) is 13.2 Å². The molecule has 1 heterocycles. The maximum atomic E-state index is 12.8. The van der Waals surface area contributed by atoms with Gasteiger partial charge in [0, 0.05) is 18.0 Å². The zero-order valence-electron chi connectivity index (χ0n) is 11.0. The van der Waals surface area contributed by atoms with Crippen molar-refractivity contribution in [2.24, 2.45) is 7.05 Å². The Labute approximate surface area is 118 Å². The van der Waals surface area contributed by atoms with Crippen molar-refractivity contribution in [3.63, 3.8) is 0 Å². The topological polar surface area (TPSA) is 38.0 Å². The first-order chi connectivity index (χ1) is 9.86. The fourth-order valence-corrected chi connectivity index (χ4v) is 2.27. The Morgan fingerprint density at radius 2 is 1.71 bits per heavy atom. The van der Waals surface area contributed by atoms with E-state index in [-0.39, 0.29) is 5.75 Å². The van der Waals surface area contributed by atoms with Gasteiger partial charge in [-0.25, -0.2) is 0 Å². The minimum Gasteiger partial charge on any atom is -0.508 e. The number of aromatic nitrogens is 2. The van der Waals surface area contributed by atoms with E-state index < -0.39 is 11.7 Å². The minimum atomic E-state index is -4.39. The maximum Gasteiger partial charge on any atom is 0.416 e. The second-order valence-electron chi connectivity index (χ2n) is 4.75. The largest absolute Gasteiger partial charge is 0.508 e. The lowest BCUT2D eigenvalue weighted by Gasteiger charge is -2.06. The molecule has 0 fully saturated rings. The number of rotatable bonds is 1. The van der Waals surface area contributed by atoms with Crippen molar-refractivity contribution in [3.8, 4) is 17.0 Å². The van der Waals surface area contributed by atoms with Crippen LogP contribution in [0.15, 0.2) is 42.5 Å². The van der Waals surface area contributed by atoms with Crippen LogP contribution in [0.1, 0.15) is 5.56 Å². The molecule has 1 aromatic heterocycles. The first-order valence-electron chi connectivity index (χ1n) is 6.19. The summed E-state index contributed by atoms with van der Waals surface area (Å²) >= 11 is 0. The number of alkyl halides is 3. The summed E-state index contributed by atoms with van der Waals surface area (Å²) in [5.41, 5.74) is 1.02. The number of aromatic hydroxyl groups is 1. The third-order valence-corrected chi connectivity index (χ3v) is 3.32. The van der Waals surface area contributed by atoms with E-state index in [2.05, 4.69) is 5.10 Å². The molecule has 21 heavy (non-hydrogen) atoms. The van der Waals surface area contributed by atoms with Crippen molar-refractivity contribution in [1.29, 1.82) is 0 Å². The summed E-state index contributed by atoms with van der Waals surface area (Å²) in [5.74, 6) is 0.0926. The van der Waals surface area contributed by atoms with Gasteiger partial charge in [-0.05, 0) is 42.5 Å². The zero-order valence-corrected chi connectivity index (χ0v) is 11.0. The first-order valence-corrected chi connectivity index (χ1v) is 6.19. The van der Waals surface area contributed by atoms with Crippen molar-refractivity contribution in [3.05, 3.63) is 48.0 Å². The highest BCUT2D eigenvalue weighted by atomic mass is 19.4. The lowest BCUT2D eigenvalue weighted by atomic mass is 10.1. The Hall–Kier alpha value is -2.50. The Morgan fingerprint density at radius 3 is 2.33 bits per heavy atom. The summed E-state index contributed by atoms with van der Waals surface area (Å²) in [6, 6.07) is 9.76. The van der Waals surface area contributed by atoms with Gasteiger partial charge >= 0.3 is 6.18 Å². The normalized spacial score (nSPS) is 12.0. The van der Waals surface area contributed by atoms with Gasteiger partial charge in [0.15, 0.2) is 0 Å². The SMILES string of the molecule is Cn1nc(-c2ccc(O)cc2)c2cc(C(F)(F)F)ccc21. The summed E-state index contributed by atoms with van der Waals surface area (Å²) in [6.45, 7) is 0. The zero-order chi connectivity index (χ0) is 15.2. The molecular weight excluding hydrogens is 281 g/mol. The Balaban J connectivity index is 2.25. The van der Waals surface area contributed by atoms with Gasteiger partial charge < -0.3 is 5.11 Å². The molecule has 3 rings (SSSR count). The highest BCUT2D eigenvalue weighted by Gasteiger charge is 2.31. The molecule has 0 radical (unpaired) electrons. The molecule has 0 bridgehead atoms. The van der Waals surface area contributed by atoms with Gasteiger partial charge in [-0.1, -0.05) is 0 Å². The summed E-state index contributed by atoms with van der Waals surface area (Å²) in [7, 11) is 1.68. The van der Waals surface area contributed by atoms with Crippen LogP contribution in [0.4, 0.5) is 13.2 Å². The smallest absolute Gasteiger partial charge is 0.416 e.